The Morgan fingerprint density at radius 3 is 1.43 bits per heavy atom. The molecule has 0 amide bonds. The number of hydrogen-bond donors (Lipinski definition) is 0. The molecular weight excluding hydrogens is 668 g/mol. The van der Waals surface area contributed by atoms with Gasteiger partial charge in [0.1, 0.15) is 6.10 Å². The molecule has 49 heavy (non-hydrogen) atoms. The Kier molecular flexibility index (Phi) is 33.0. The van der Waals surface area contributed by atoms with Crippen molar-refractivity contribution in [1.82, 2.24) is 0 Å². The zero-order chi connectivity index (χ0) is 35.6. The van der Waals surface area contributed by atoms with E-state index in [1.165, 1.54) is 140 Å². The Labute approximate surface area is 315 Å². The third-order valence-corrected chi connectivity index (χ3v) is 10.9. The van der Waals surface area contributed by atoms with E-state index in [2.05, 4.69) is 80.9 Å². The van der Waals surface area contributed by atoms with Crippen LogP contribution >= 0.6 is 15.9 Å². The highest BCUT2D eigenvalue weighted by Crippen LogP contribution is 2.23. The molecule has 0 aliphatic heterocycles. The second-order valence-electron chi connectivity index (χ2n) is 16.1. The van der Waals surface area contributed by atoms with E-state index in [-0.39, 0.29) is 6.10 Å². The summed E-state index contributed by atoms with van der Waals surface area (Å²) in [6.45, 7) is 15.5. The van der Waals surface area contributed by atoms with E-state index >= 15 is 0 Å². The van der Waals surface area contributed by atoms with E-state index < -0.39 is 0 Å². The highest BCUT2D eigenvalue weighted by atomic mass is 79.9. The second kappa shape index (κ2) is 34.7. The van der Waals surface area contributed by atoms with Crippen molar-refractivity contribution in [1.29, 1.82) is 0 Å². The maximum Gasteiger partial charge on any atom is 0.104 e. The van der Waals surface area contributed by atoms with Crippen LogP contribution in [0.4, 0.5) is 0 Å². The summed E-state index contributed by atoms with van der Waals surface area (Å²) >= 11 is 3.53. The number of halogens is 1. The van der Waals surface area contributed by atoms with Crippen LogP contribution in [0.2, 0.25) is 0 Å². The summed E-state index contributed by atoms with van der Waals surface area (Å²) in [5.74, 6) is 3.30. The molecule has 4 heteroatoms. The summed E-state index contributed by atoms with van der Waals surface area (Å²) in [5, 5.41) is 1.16. The number of rotatable bonds is 37. The minimum absolute atomic E-state index is 0.00750. The molecule has 0 N–H and O–H groups in total. The van der Waals surface area contributed by atoms with Crippen molar-refractivity contribution < 1.29 is 14.2 Å². The molecular formula is C45H83BrO3. The van der Waals surface area contributed by atoms with Crippen LogP contribution in [0.15, 0.2) is 30.3 Å². The molecule has 4 unspecified atom stereocenters. The summed E-state index contributed by atoms with van der Waals surface area (Å²) in [6, 6.07) is 10.4. The number of ether oxygens (including phenoxy) is 3. The van der Waals surface area contributed by atoms with Gasteiger partial charge in [-0.1, -0.05) is 209 Å². The van der Waals surface area contributed by atoms with E-state index in [1.54, 1.807) is 0 Å². The molecule has 3 nitrogen and oxygen atoms in total. The van der Waals surface area contributed by atoms with E-state index in [9.17, 15) is 0 Å². The van der Waals surface area contributed by atoms with Crippen LogP contribution in [0.3, 0.4) is 0 Å². The maximum absolute atomic E-state index is 6.37. The first kappa shape index (κ1) is 46.6. The van der Waals surface area contributed by atoms with Crippen LogP contribution in [0.1, 0.15) is 188 Å². The van der Waals surface area contributed by atoms with Crippen molar-refractivity contribution in [2.75, 3.05) is 31.8 Å². The molecule has 1 rings (SSSR count). The zero-order valence-corrected chi connectivity index (χ0v) is 35.0. The van der Waals surface area contributed by atoms with Gasteiger partial charge in [-0.15, -0.1) is 0 Å². The van der Waals surface area contributed by atoms with Gasteiger partial charge in [-0.2, -0.15) is 0 Å². The molecule has 1 aromatic rings. The molecule has 0 radical (unpaired) electrons. The fourth-order valence-electron chi connectivity index (χ4n) is 6.86. The maximum atomic E-state index is 6.37. The first-order valence-corrected chi connectivity index (χ1v) is 22.4. The van der Waals surface area contributed by atoms with Crippen molar-refractivity contribution >= 4 is 15.9 Å². The lowest BCUT2D eigenvalue weighted by atomic mass is 9.91. The summed E-state index contributed by atoms with van der Waals surface area (Å²) in [7, 11) is 0. The average Bonchev–Trinajstić information content (AvgIpc) is 3.08. The highest BCUT2D eigenvalue weighted by Gasteiger charge is 2.13. The number of benzene rings is 1. The van der Waals surface area contributed by atoms with E-state index in [1.807, 2.05) is 0 Å². The number of unbranched alkanes of at least 4 members (excludes halogenated alkanes) is 12. The van der Waals surface area contributed by atoms with Gasteiger partial charge in [0.05, 0.1) is 19.8 Å². The molecule has 0 bridgehead atoms. The van der Waals surface area contributed by atoms with Gasteiger partial charge in [0, 0.05) is 18.5 Å². The fraction of sp³-hybridized carbons (Fsp3) is 0.867. The van der Waals surface area contributed by atoms with Gasteiger partial charge >= 0.3 is 0 Å². The fourth-order valence-corrected chi connectivity index (χ4v) is 7.25. The lowest BCUT2D eigenvalue weighted by Crippen LogP contribution is -2.27. The highest BCUT2D eigenvalue weighted by molar-refractivity contribution is 9.09. The van der Waals surface area contributed by atoms with Gasteiger partial charge < -0.3 is 14.2 Å². The predicted molar refractivity (Wildman–Crippen MR) is 219 cm³/mol. The first-order chi connectivity index (χ1) is 23.9. The van der Waals surface area contributed by atoms with E-state index in [0.29, 0.717) is 25.7 Å². The quantitative estimate of drug-likeness (QED) is 0.0500. The summed E-state index contributed by atoms with van der Waals surface area (Å²) in [6.07, 6.45) is 31.4. The predicted octanol–water partition coefficient (Wildman–Crippen LogP) is 14.5. The van der Waals surface area contributed by atoms with Crippen LogP contribution in [0.25, 0.3) is 0 Å². The van der Waals surface area contributed by atoms with Crippen LogP contribution in [0, 0.1) is 23.7 Å². The molecule has 0 fully saturated rings. The molecule has 1 aromatic carbocycles. The molecule has 0 saturated heterocycles. The van der Waals surface area contributed by atoms with Gasteiger partial charge in [-0.3, -0.25) is 0 Å². The van der Waals surface area contributed by atoms with Crippen molar-refractivity contribution in [3.05, 3.63) is 35.9 Å². The third kappa shape index (κ3) is 32.0. The lowest BCUT2D eigenvalue weighted by molar-refractivity contribution is -0.0662. The smallest absolute Gasteiger partial charge is 0.104 e. The Balaban J connectivity index is 2.16. The standard InChI is InChI=1S/C45H83BrO3/c1-40(2)25-22-26-41(3)27-23-28-42(4)29-24-30-43(5)33-36-49-45(39-48-37-44-31-18-17-19-32-44)38-47-35-21-16-14-12-10-8-6-7-9-11-13-15-20-34-46/h17-19,31-32,40-43,45H,6-16,20-30,33-39H2,1-5H3. The van der Waals surface area contributed by atoms with Gasteiger partial charge in [0.25, 0.3) is 0 Å². The van der Waals surface area contributed by atoms with Crippen molar-refractivity contribution in [2.45, 2.75) is 195 Å². The topological polar surface area (TPSA) is 27.7 Å². The zero-order valence-electron chi connectivity index (χ0n) is 33.4. The Hall–Kier alpha value is -0.420. The minimum Gasteiger partial charge on any atom is -0.379 e. The molecule has 4 atom stereocenters. The molecule has 0 spiro atoms. The summed E-state index contributed by atoms with van der Waals surface area (Å²) < 4.78 is 18.6. The largest absolute Gasteiger partial charge is 0.379 e. The van der Waals surface area contributed by atoms with Crippen molar-refractivity contribution in [2.24, 2.45) is 23.7 Å². The van der Waals surface area contributed by atoms with Crippen LogP contribution < -0.4 is 0 Å². The first-order valence-electron chi connectivity index (χ1n) is 21.3. The van der Waals surface area contributed by atoms with Crippen molar-refractivity contribution in [3.8, 4) is 0 Å². The molecule has 0 aromatic heterocycles. The molecule has 0 aliphatic carbocycles. The lowest BCUT2D eigenvalue weighted by Gasteiger charge is -2.20. The Morgan fingerprint density at radius 1 is 0.469 bits per heavy atom. The molecule has 0 aliphatic rings. The van der Waals surface area contributed by atoms with Gasteiger partial charge in [-0.25, -0.2) is 0 Å². The van der Waals surface area contributed by atoms with Gasteiger partial charge in [-0.05, 0) is 48.5 Å². The minimum atomic E-state index is 0.00750. The van der Waals surface area contributed by atoms with E-state index in [4.69, 9.17) is 14.2 Å². The molecule has 0 saturated carbocycles. The summed E-state index contributed by atoms with van der Waals surface area (Å²) in [4.78, 5) is 0. The van der Waals surface area contributed by atoms with Gasteiger partial charge in [0.15, 0.2) is 0 Å². The molecule has 0 heterocycles. The molecule has 288 valence electrons. The normalized spacial score (nSPS) is 14.3. The summed E-state index contributed by atoms with van der Waals surface area (Å²) in [5.41, 5.74) is 1.21. The second-order valence-corrected chi connectivity index (χ2v) is 16.9. The van der Waals surface area contributed by atoms with Crippen LogP contribution in [-0.4, -0.2) is 37.9 Å². The Morgan fingerprint density at radius 2 is 0.918 bits per heavy atom. The Bertz CT molecular complexity index is 787. The average molecular weight is 752 g/mol. The van der Waals surface area contributed by atoms with Crippen LogP contribution in [-0.2, 0) is 20.8 Å². The van der Waals surface area contributed by atoms with Crippen LogP contribution in [0.5, 0.6) is 0 Å². The number of alkyl halides is 1. The monoisotopic (exact) mass is 751 g/mol. The van der Waals surface area contributed by atoms with Gasteiger partial charge in [0.2, 0.25) is 0 Å². The van der Waals surface area contributed by atoms with Crippen molar-refractivity contribution in [3.63, 3.8) is 0 Å². The third-order valence-electron chi connectivity index (χ3n) is 10.4. The SMILES string of the molecule is CC(C)CCCC(C)CCCC(C)CCCC(C)CCOC(COCCCCCCCCCCCCCCCBr)COCc1ccccc1. The van der Waals surface area contributed by atoms with E-state index in [0.717, 1.165) is 49.1 Å². The number of hydrogen-bond acceptors (Lipinski definition) is 3.